The second-order valence-electron chi connectivity index (χ2n) is 8.49. The summed E-state index contributed by atoms with van der Waals surface area (Å²) in [5.41, 5.74) is 1.99. The van der Waals surface area contributed by atoms with Crippen LogP contribution in [0.25, 0.3) is 0 Å². The molecule has 178 valence electrons. The number of carbonyl (C=O) groups is 2. The number of amides is 2. The Morgan fingerprint density at radius 1 is 1.18 bits per heavy atom. The van der Waals surface area contributed by atoms with Gasteiger partial charge in [-0.3, -0.25) is 9.59 Å². The minimum Gasteiger partial charge on any atom is -0.492 e. The Morgan fingerprint density at radius 3 is 2.52 bits per heavy atom. The van der Waals surface area contributed by atoms with E-state index >= 15 is 0 Å². The first-order valence-electron chi connectivity index (χ1n) is 11.0. The quantitative estimate of drug-likeness (QED) is 0.612. The second-order valence-corrected chi connectivity index (χ2v) is 10.2. The number of rotatable bonds is 8. The van der Waals surface area contributed by atoms with Crippen molar-refractivity contribution in [3.8, 4) is 5.75 Å². The largest absolute Gasteiger partial charge is 0.492 e. The van der Waals surface area contributed by atoms with E-state index in [0.29, 0.717) is 24.5 Å². The molecule has 2 amide bonds. The molecule has 9 heteroatoms. The molecule has 1 heterocycles. The van der Waals surface area contributed by atoms with Gasteiger partial charge in [-0.15, -0.1) is 0 Å². The van der Waals surface area contributed by atoms with Gasteiger partial charge >= 0.3 is 0 Å². The molecule has 0 bridgehead atoms. The Hall–Kier alpha value is -2.91. The van der Waals surface area contributed by atoms with Gasteiger partial charge in [0.05, 0.1) is 17.2 Å². The molecule has 0 unspecified atom stereocenters. The molecule has 2 aromatic carbocycles. The molecule has 0 saturated heterocycles. The number of nitrogens with zero attached hydrogens (tertiary/aromatic N) is 1. The highest BCUT2D eigenvalue weighted by Crippen LogP contribution is 2.34. The van der Waals surface area contributed by atoms with E-state index in [1.54, 1.807) is 55.1 Å². The number of benzene rings is 2. The van der Waals surface area contributed by atoms with Crippen molar-refractivity contribution >= 4 is 33.2 Å². The lowest BCUT2D eigenvalue weighted by Gasteiger charge is -2.23. The highest BCUT2D eigenvalue weighted by atomic mass is 32.2. The van der Waals surface area contributed by atoms with Crippen LogP contribution in [-0.4, -0.2) is 38.9 Å². The van der Waals surface area contributed by atoms with Crippen molar-refractivity contribution in [2.24, 2.45) is 5.92 Å². The summed E-state index contributed by atoms with van der Waals surface area (Å²) in [7, 11) is -3.98. The zero-order chi connectivity index (χ0) is 24.3. The van der Waals surface area contributed by atoms with Gasteiger partial charge in [0.25, 0.3) is 0 Å². The second kappa shape index (κ2) is 9.93. The standard InChI is InChI=1S/C24H31N3O5S/c1-6-32-22-10-8-7-9-20(22)25-24(29)23(15(2)3)26-33(30,31)19-11-12-21-18(14-19)13-16(4)27(21)17(5)28/h7-12,14-16,23,26H,6,13H2,1-5H3,(H,25,29)/t16-,23-/m0/s1. The van der Waals surface area contributed by atoms with Gasteiger partial charge in [-0.25, -0.2) is 8.42 Å². The van der Waals surface area contributed by atoms with Crippen molar-refractivity contribution in [2.45, 2.75) is 58.0 Å². The molecule has 1 aliphatic heterocycles. The van der Waals surface area contributed by atoms with E-state index in [4.69, 9.17) is 4.74 Å². The van der Waals surface area contributed by atoms with Crippen molar-refractivity contribution in [3.05, 3.63) is 48.0 Å². The number of para-hydroxylation sites is 2. The van der Waals surface area contributed by atoms with Crippen LogP contribution in [0.15, 0.2) is 47.4 Å². The van der Waals surface area contributed by atoms with Gasteiger partial charge in [0, 0.05) is 18.7 Å². The Bertz CT molecular complexity index is 1150. The number of hydrogen-bond acceptors (Lipinski definition) is 5. The van der Waals surface area contributed by atoms with Crippen molar-refractivity contribution in [2.75, 3.05) is 16.8 Å². The van der Waals surface area contributed by atoms with Gasteiger partial charge in [0.1, 0.15) is 11.8 Å². The van der Waals surface area contributed by atoms with Crippen LogP contribution in [0.2, 0.25) is 0 Å². The van der Waals surface area contributed by atoms with Crippen LogP contribution in [0.4, 0.5) is 11.4 Å². The number of nitrogens with one attached hydrogen (secondary N) is 2. The van der Waals surface area contributed by atoms with E-state index < -0.39 is 22.0 Å². The van der Waals surface area contributed by atoms with Crippen molar-refractivity contribution in [3.63, 3.8) is 0 Å². The molecule has 0 fully saturated rings. The summed E-state index contributed by atoms with van der Waals surface area (Å²) in [4.78, 5) is 26.7. The highest BCUT2D eigenvalue weighted by molar-refractivity contribution is 7.89. The molecule has 2 aromatic rings. The SMILES string of the molecule is CCOc1ccccc1NC(=O)[C@@H](NS(=O)(=O)c1ccc2c(c1)C[C@H](C)N2C(C)=O)C(C)C. The fourth-order valence-electron chi connectivity index (χ4n) is 4.04. The third-order valence-corrected chi connectivity index (χ3v) is 7.03. The maximum absolute atomic E-state index is 13.2. The summed E-state index contributed by atoms with van der Waals surface area (Å²) >= 11 is 0. The summed E-state index contributed by atoms with van der Waals surface area (Å²) in [6.45, 7) is 9.24. The van der Waals surface area contributed by atoms with E-state index in [1.807, 2.05) is 13.8 Å². The summed E-state index contributed by atoms with van der Waals surface area (Å²) in [6, 6.07) is 10.7. The number of sulfonamides is 1. The number of hydrogen-bond donors (Lipinski definition) is 2. The van der Waals surface area contributed by atoms with Gasteiger partial charge in [-0.2, -0.15) is 4.72 Å². The third-order valence-electron chi connectivity index (χ3n) is 5.59. The normalized spacial score (nSPS) is 16.4. The van der Waals surface area contributed by atoms with E-state index in [-0.39, 0.29) is 22.8 Å². The average molecular weight is 474 g/mol. The van der Waals surface area contributed by atoms with Gasteiger partial charge in [0.2, 0.25) is 21.8 Å². The topological polar surface area (TPSA) is 105 Å². The summed E-state index contributed by atoms with van der Waals surface area (Å²) in [6.07, 6.45) is 0.570. The first-order chi connectivity index (χ1) is 15.5. The minimum absolute atomic E-state index is 0.0389. The first kappa shape index (κ1) is 24.7. The molecule has 0 spiro atoms. The first-order valence-corrected chi connectivity index (χ1v) is 12.5. The van der Waals surface area contributed by atoms with Crippen LogP contribution >= 0.6 is 0 Å². The van der Waals surface area contributed by atoms with Gasteiger partial charge in [-0.1, -0.05) is 26.0 Å². The van der Waals surface area contributed by atoms with Crippen molar-refractivity contribution in [1.29, 1.82) is 0 Å². The Morgan fingerprint density at radius 2 is 1.88 bits per heavy atom. The number of fused-ring (bicyclic) bond motifs is 1. The molecule has 2 N–H and O–H groups in total. The fourth-order valence-corrected chi connectivity index (χ4v) is 5.44. The van der Waals surface area contributed by atoms with Gasteiger partial charge < -0.3 is 15.0 Å². The fraction of sp³-hybridized carbons (Fsp3) is 0.417. The van der Waals surface area contributed by atoms with Crippen molar-refractivity contribution < 1.29 is 22.7 Å². The molecular weight excluding hydrogens is 442 g/mol. The van der Waals surface area contributed by atoms with Gasteiger partial charge in [-0.05, 0) is 62.1 Å². The maximum Gasteiger partial charge on any atom is 0.242 e. The monoisotopic (exact) mass is 473 g/mol. The van der Waals surface area contributed by atoms with Crippen LogP contribution in [0.5, 0.6) is 5.75 Å². The van der Waals surface area contributed by atoms with E-state index in [1.165, 1.54) is 13.0 Å². The Labute approximate surface area is 195 Å². The molecule has 0 aliphatic carbocycles. The van der Waals surface area contributed by atoms with Crippen molar-refractivity contribution in [1.82, 2.24) is 4.72 Å². The van der Waals surface area contributed by atoms with Gasteiger partial charge in [0.15, 0.2) is 0 Å². The third kappa shape index (κ3) is 5.36. The predicted octanol–water partition coefficient (Wildman–Crippen LogP) is 3.32. The lowest BCUT2D eigenvalue weighted by Crippen LogP contribution is -2.47. The summed E-state index contributed by atoms with van der Waals surface area (Å²) in [5.74, 6) is -0.347. The predicted molar refractivity (Wildman–Crippen MR) is 128 cm³/mol. The zero-order valence-corrected chi connectivity index (χ0v) is 20.4. The van der Waals surface area contributed by atoms with Crippen LogP contribution in [0.3, 0.4) is 0 Å². The summed E-state index contributed by atoms with van der Waals surface area (Å²) in [5, 5.41) is 2.78. The smallest absolute Gasteiger partial charge is 0.242 e. The molecule has 0 aromatic heterocycles. The molecule has 8 nitrogen and oxygen atoms in total. The highest BCUT2D eigenvalue weighted by Gasteiger charge is 2.32. The number of carbonyl (C=O) groups excluding carboxylic acids is 2. The van der Waals surface area contributed by atoms with E-state index in [2.05, 4.69) is 10.0 Å². The number of anilines is 2. The minimum atomic E-state index is -3.98. The van der Waals surface area contributed by atoms with Crippen LogP contribution in [-0.2, 0) is 26.0 Å². The zero-order valence-electron chi connectivity index (χ0n) is 19.6. The molecule has 1 aliphatic rings. The molecular formula is C24H31N3O5S. The van der Waals surface area contributed by atoms with Crippen LogP contribution < -0.4 is 19.7 Å². The number of ether oxygens (including phenoxy) is 1. The molecule has 3 rings (SSSR count). The molecule has 33 heavy (non-hydrogen) atoms. The van der Waals surface area contributed by atoms with Crippen LogP contribution in [0, 0.1) is 5.92 Å². The van der Waals surface area contributed by atoms with Crippen LogP contribution in [0.1, 0.15) is 40.2 Å². The Balaban J connectivity index is 1.83. The Kier molecular flexibility index (Phi) is 7.44. The lowest BCUT2D eigenvalue weighted by molar-refractivity contribution is -0.118. The lowest BCUT2D eigenvalue weighted by atomic mass is 10.0. The average Bonchev–Trinajstić information content (AvgIpc) is 3.08. The maximum atomic E-state index is 13.2. The molecule has 2 atom stereocenters. The molecule has 0 radical (unpaired) electrons. The summed E-state index contributed by atoms with van der Waals surface area (Å²) < 4.78 is 34.4. The molecule has 0 saturated carbocycles. The van der Waals surface area contributed by atoms with E-state index in [9.17, 15) is 18.0 Å². The van der Waals surface area contributed by atoms with E-state index in [0.717, 1.165) is 11.3 Å².